The van der Waals surface area contributed by atoms with Crippen molar-refractivity contribution in [2.75, 3.05) is 11.4 Å². The molecule has 0 bridgehead atoms. The number of ether oxygens (including phenoxy) is 1. The number of esters is 1. The van der Waals surface area contributed by atoms with E-state index in [-0.39, 0.29) is 24.4 Å². The monoisotopic (exact) mass is 369 g/mol. The first-order valence-electron chi connectivity index (χ1n) is 8.72. The number of ketones is 1. The third kappa shape index (κ3) is 4.22. The molecule has 6 heteroatoms. The van der Waals surface area contributed by atoms with Crippen LogP contribution in [0, 0.1) is 18.7 Å². The molecule has 0 aromatic heterocycles. The van der Waals surface area contributed by atoms with Gasteiger partial charge < -0.3 is 9.64 Å². The molecule has 0 saturated carbocycles. The fourth-order valence-corrected chi connectivity index (χ4v) is 3.01. The average Bonchev–Trinajstić information content (AvgIpc) is 3.04. The third-order valence-corrected chi connectivity index (χ3v) is 4.59. The lowest BCUT2D eigenvalue weighted by atomic mass is 10.1. The molecule has 2 atom stereocenters. The number of Topliss-reactive ketones (excluding diaryl/α,β-unsaturated/α-hetero) is 1. The number of rotatable bonds is 5. The number of hydrogen-bond acceptors (Lipinski definition) is 4. The van der Waals surface area contributed by atoms with Crippen molar-refractivity contribution >= 4 is 23.3 Å². The van der Waals surface area contributed by atoms with Gasteiger partial charge in [0.2, 0.25) is 11.7 Å². The summed E-state index contributed by atoms with van der Waals surface area (Å²) in [6.45, 7) is 3.64. The zero-order valence-corrected chi connectivity index (χ0v) is 15.1. The number of carbonyl (C=O) groups is 3. The minimum absolute atomic E-state index is 0.0458. The molecule has 0 N–H and O–H groups in total. The van der Waals surface area contributed by atoms with Crippen LogP contribution in [0.1, 0.15) is 29.3 Å². The van der Waals surface area contributed by atoms with Crippen molar-refractivity contribution in [3.8, 4) is 0 Å². The summed E-state index contributed by atoms with van der Waals surface area (Å²) in [6, 6.07) is 12.5. The van der Waals surface area contributed by atoms with Gasteiger partial charge in [-0.1, -0.05) is 17.7 Å². The number of anilines is 1. The highest BCUT2D eigenvalue weighted by Crippen LogP contribution is 2.26. The van der Waals surface area contributed by atoms with Gasteiger partial charge in [-0.2, -0.15) is 0 Å². The molecule has 1 saturated heterocycles. The molecule has 0 radical (unpaired) electrons. The smallest absolute Gasteiger partial charge is 0.312 e. The normalized spacial score (nSPS) is 17.7. The Labute approximate surface area is 156 Å². The second-order valence-electron chi connectivity index (χ2n) is 6.69. The van der Waals surface area contributed by atoms with Crippen LogP contribution in [-0.4, -0.2) is 30.3 Å². The Kier molecular flexibility index (Phi) is 5.35. The number of carbonyl (C=O) groups excluding carboxylic acids is 3. The first-order valence-corrected chi connectivity index (χ1v) is 8.72. The van der Waals surface area contributed by atoms with Crippen LogP contribution in [0.15, 0.2) is 48.5 Å². The fourth-order valence-electron chi connectivity index (χ4n) is 3.01. The summed E-state index contributed by atoms with van der Waals surface area (Å²) in [5, 5.41) is 0. The predicted molar refractivity (Wildman–Crippen MR) is 97.9 cm³/mol. The molecule has 1 aliphatic heterocycles. The van der Waals surface area contributed by atoms with Crippen LogP contribution in [0.2, 0.25) is 0 Å². The topological polar surface area (TPSA) is 63.7 Å². The minimum atomic E-state index is -1.01. The molecule has 0 aliphatic carbocycles. The molecule has 1 heterocycles. The maximum atomic E-state index is 13.0. The van der Waals surface area contributed by atoms with Crippen molar-refractivity contribution in [3.63, 3.8) is 0 Å². The van der Waals surface area contributed by atoms with Crippen LogP contribution < -0.4 is 4.90 Å². The Balaban J connectivity index is 1.62. The van der Waals surface area contributed by atoms with Crippen molar-refractivity contribution in [2.24, 2.45) is 5.92 Å². The van der Waals surface area contributed by atoms with Gasteiger partial charge in [0.05, 0.1) is 5.92 Å². The molecular weight excluding hydrogens is 349 g/mol. The lowest BCUT2D eigenvalue weighted by Gasteiger charge is -2.18. The lowest BCUT2D eigenvalue weighted by Crippen LogP contribution is -2.30. The zero-order chi connectivity index (χ0) is 19.6. The summed E-state index contributed by atoms with van der Waals surface area (Å²) in [5.41, 5.74) is 2.08. The van der Waals surface area contributed by atoms with Crippen molar-refractivity contribution in [1.82, 2.24) is 0 Å². The highest BCUT2D eigenvalue weighted by atomic mass is 19.1. The number of nitrogens with zero attached hydrogens (tertiary/aromatic N) is 1. The molecule has 5 nitrogen and oxygen atoms in total. The second kappa shape index (κ2) is 7.70. The van der Waals surface area contributed by atoms with E-state index in [4.69, 9.17) is 4.74 Å². The predicted octanol–water partition coefficient (Wildman–Crippen LogP) is 3.30. The SMILES string of the molecule is Cc1ccc(N2C[C@@H](C(=O)O[C@@H](C)C(=O)c3ccc(F)cc3)CC2=O)cc1. The Morgan fingerprint density at radius 1 is 1.11 bits per heavy atom. The van der Waals surface area contributed by atoms with Crippen molar-refractivity contribution in [2.45, 2.75) is 26.4 Å². The molecule has 3 rings (SSSR count). The van der Waals surface area contributed by atoms with E-state index in [0.717, 1.165) is 11.3 Å². The quantitative estimate of drug-likeness (QED) is 0.599. The molecule has 0 spiro atoms. The van der Waals surface area contributed by atoms with E-state index >= 15 is 0 Å². The standard InChI is InChI=1S/C21H20FNO4/c1-13-3-9-18(10-4-13)23-12-16(11-19(23)24)21(26)27-14(2)20(25)15-5-7-17(22)8-6-15/h3-10,14,16H,11-12H2,1-2H3/t14-,16-/m0/s1. The highest BCUT2D eigenvalue weighted by molar-refractivity contribution is 6.02. The molecule has 2 aromatic carbocycles. The minimum Gasteiger partial charge on any atom is -0.454 e. The van der Waals surface area contributed by atoms with Crippen LogP contribution in [0.5, 0.6) is 0 Å². The summed E-state index contributed by atoms with van der Waals surface area (Å²) >= 11 is 0. The van der Waals surface area contributed by atoms with Gasteiger partial charge in [0.1, 0.15) is 5.82 Å². The number of amides is 1. The summed E-state index contributed by atoms with van der Waals surface area (Å²) < 4.78 is 18.2. The molecule has 2 aromatic rings. The van der Waals surface area contributed by atoms with Gasteiger partial charge in [0, 0.05) is 24.2 Å². The van der Waals surface area contributed by atoms with Gasteiger partial charge in [-0.25, -0.2) is 4.39 Å². The van der Waals surface area contributed by atoms with Gasteiger partial charge in [-0.05, 0) is 50.2 Å². The van der Waals surface area contributed by atoms with E-state index in [9.17, 15) is 18.8 Å². The van der Waals surface area contributed by atoms with Crippen LogP contribution in [-0.2, 0) is 14.3 Å². The van der Waals surface area contributed by atoms with Gasteiger partial charge in [-0.3, -0.25) is 14.4 Å². The third-order valence-electron chi connectivity index (χ3n) is 4.59. The van der Waals surface area contributed by atoms with E-state index in [1.807, 2.05) is 31.2 Å². The number of hydrogen-bond donors (Lipinski definition) is 0. The van der Waals surface area contributed by atoms with Crippen molar-refractivity contribution in [1.29, 1.82) is 0 Å². The number of halogens is 1. The Bertz CT molecular complexity index is 861. The first-order chi connectivity index (χ1) is 12.8. The summed E-state index contributed by atoms with van der Waals surface area (Å²) in [6.07, 6.45) is -0.962. The zero-order valence-electron chi connectivity index (χ0n) is 15.1. The molecule has 0 unspecified atom stereocenters. The van der Waals surface area contributed by atoms with Gasteiger partial charge in [-0.15, -0.1) is 0 Å². The van der Waals surface area contributed by atoms with Crippen molar-refractivity contribution in [3.05, 3.63) is 65.5 Å². The Morgan fingerprint density at radius 3 is 2.37 bits per heavy atom. The van der Waals surface area contributed by atoms with E-state index in [0.29, 0.717) is 0 Å². The summed E-state index contributed by atoms with van der Waals surface area (Å²) in [5.74, 6) is -2.22. The van der Waals surface area contributed by atoms with Crippen LogP contribution in [0.3, 0.4) is 0 Å². The maximum Gasteiger partial charge on any atom is 0.312 e. The molecular formula is C21H20FNO4. The number of benzene rings is 2. The fraction of sp³-hybridized carbons (Fsp3) is 0.286. The van der Waals surface area contributed by atoms with E-state index in [1.165, 1.54) is 31.2 Å². The molecule has 1 aliphatic rings. The van der Waals surface area contributed by atoms with E-state index in [2.05, 4.69) is 0 Å². The Hall–Kier alpha value is -3.02. The molecule has 1 fully saturated rings. The summed E-state index contributed by atoms with van der Waals surface area (Å²) in [7, 11) is 0. The van der Waals surface area contributed by atoms with Crippen molar-refractivity contribution < 1.29 is 23.5 Å². The number of aryl methyl sites for hydroxylation is 1. The largest absolute Gasteiger partial charge is 0.454 e. The lowest BCUT2D eigenvalue weighted by molar-refractivity contribution is -0.151. The van der Waals surface area contributed by atoms with E-state index in [1.54, 1.807) is 4.90 Å². The van der Waals surface area contributed by atoms with Crippen LogP contribution in [0.4, 0.5) is 10.1 Å². The van der Waals surface area contributed by atoms with E-state index < -0.39 is 29.6 Å². The molecule has 1 amide bonds. The first kappa shape index (κ1) is 18.8. The van der Waals surface area contributed by atoms with Crippen LogP contribution in [0.25, 0.3) is 0 Å². The van der Waals surface area contributed by atoms with Gasteiger partial charge >= 0.3 is 5.97 Å². The van der Waals surface area contributed by atoms with Gasteiger partial charge in [0.25, 0.3) is 0 Å². The second-order valence-corrected chi connectivity index (χ2v) is 6.69. The highest BCUT2D eigenvalue weighted by Gasteiger charge is 2.37. The maximum absolute atomic E-state index is 13.0. The van der Waals surface area contributed by atoms with Crippen LogP contribution >= 0.6 is 0 Å². The summed E-state index contributed by atoms with van der Waals surface area (Å²) in [4.78, 5) is 38.5. The average molecular weight is 369 g/mol. The molecule has 27 heavy (non-hydrogen) atoms. The Morgan fingerprint density at radius 2 is 1.74 bits per heavy atom. The van der Waals surface area contributed by atoms with Gasteiger partial charge in [0.15, 0.2) is 6.10 Å². The molecule has 140 valence electrons.